The molecule has 0 spiro atoms. The van der Waals surface area contributed by atoms with Gasteiger partial charge in [0.25, 0.3) is 0 Å². The average molecular weight is 203 g/mol. The van der Waals surface area contributed by atoms with Crippen LogP contribution in [-0.2, 0) is 9.84 Å². The van der Waals surface area contributed by atoms with E-state index in [1.807, 2.05) is 0 Å². The third kappa shape index (κ3) is 2.44. The van der Waals surface area contributed by atoms with Crippen molar-refractivity contribution in [1.82, 2.24) is 5.32 Å². The summed E-state index contributed by atoms with van der Waals surface area (Å²) in [7, 11) is -2.76. The summed E-state index contributed by atoms with van der Waals surface area (Å²) in [4.78, 5) is 0. The summed E-state index contributed by atoms with van der Waals surface area (Å²) in [5.41, 5.74) is 0. The van der Waals surface area contributed by atoms with Crippen LogP contribution in [0.25, 0.3) is 0 Å². The van der Waals surface area contributed by atoms with E-state index in [0.29, 0.717) is 11.7 Å². The predicted octanol–water partition coefficient (Wildman–Crippen LogP) is 0.563. The molecule has 1 heterocycles. The molecule has 3 nitrogen and oxygen atoms in total. The van der Waals surface area contributed by atoms with Gasteiger partial charge in [-0.2, -0.15) is 0 Å². The minimum absolute atomic E-state index is 0.0469. The highest BCUT2D eigenvalue weighted by atomic mass is 32.2. The molecule has 13 heavy (non-hydrogen) atoms. The first-order valence-corrected chi connectivity index (χ1v) is 6.82. The Morgan fingerprint density at radius 2 is 1.69 bits per heavy atom. The van der Waals surface area contributed by atoms with Crippen LogP contribution in [0.15, 0.2) is 0 Å². The first-order valence-electron chi connectivity index (χ1n) is 5.11. The second-order valence-corrected chi connectivity index (χ2v) is 6.55. The second-order valence-electron chi connectivity index (χ2n) is 4.22. The van der Waals surface area contributed by atoms with Crippen LogP contribution in [-0.4, -0.2) is 32.5 Å². The summed E-state index contributed by atoms with van der Waals surface area (Å²) < 4.78 is 23.6. The fourth-order valence-electron chi connectivity index (χ4n) is 1.90. The SMILES string of the molecule is O=S(=O)(CC1CC1)C1CCNCC1. The monoisotopic (exact) mass is 203 g/mol. The van der Waals surface area contributed by atoms with Gasteiger partial charge in [-0.1, -0.05) is 0 Å². The minimum atomic E-state index is -2.76. The fourth-order valence-corrected chi connectivity index (χ4v) is 4.12. The molecule has 0 radical (unpaired) electrons. The van der Waals surface area contributed by atoms with Crippen molar-refractivity contribution < 1.29 is 8.42 Å². The average Bonchev–Trinajstić information content (AvgIpc) is 2.89. The summed E-state index contributed by atoms with van der Waals surface area (Å²) in [5, 5.41) is 3.14. The lowest BCUT2D eigenvalue weighted by molar-refractivity contribution is 0.495. The second kappa shape index (κ2) is 3.58. The zero-order valence-corrected chi connectivity index (χ0v) is 8.65. The number of nitrogens with one attached hydrogen (secondary N) is 1. The van der Waals surface area contributed by atoms with Crippen LogP contribution in [0, 0.1) is 5.92 Å². The van der Waals surface area contributed by atoms with Crippen molar-refractivity contribution in [3.05, 3.63) is 0 Å². The van der Waals surface area contributed by atoms with Crippen molar-refractivity contribution in [2.75, 3.05) is 18.8 Å². The maximum absolute atomic E-state index is 11.8. The van der Waals surface area contributed by atoms with E-state index in [9.17, 15) is 8.42 Å². The van der Waals surface area contributed by atoms with E-state index in [1.165, 1.54) is 0 Å². The molecule has 0 bridgehead atoms. The molecule has 76 valence electrons. The summed E-state index contributed by atoms with van der Waals surface area (Å²) >= 11 is 0. The molecular formula is C9H17NO2S. The molecule has 1 N–H and O–H groups in total. The van der Waals surface area contributed by atoms with E-state index in [2.05, 4.69) is 5.32 Å². The summed E-state index contributed by atoms with van der Waals surface area (Å²) in [6.07, 6.45) is 3.89. The van der Waals surface area contributed by atoms with Crippen LogP contribution in [0.1, 0.15) is 25.7 Å². The largest absolute Gasteiger partial charge is 0.317 e. The lowest BCUT2D eigenvalue weighted by Crippen LogP contribution is -2.37. The van der Waals surface area contributed by atoms with Crippen LogP contribution < -0.4 is 5.32 Å². The molecule has 2 fully saturated rings. The first kappa shape index (κ1) is 9.46. The quantitative estimate of drug-likeness (QED) is 0.729. The Labute approximate surface area is 79.8 Å². The molecule has 0 amide bonds. The molecule has 0 unspecified atom stereocenters. The number of sulfone groups is 1. The third-order valence-corrected chi connectivity index (χ3v) is 5.38. The summed E-state index contributed by atoms with van der Waals surface area (Å²) in [5.74, 6) is 0.956. The first-order chi connectivity index (χ1) is 6.18. The van der Waals surface area contributed by atoms with Crippen LogP contribution >= 0.6 is 0 Å². The fraction of sp³-hybridized carbons (Fsp3) is 1.00. The van der Waals surface area contributed by atoms with E-state index in [1.54, 1.807) is 0 Å². The Morgan fingerprint density at radius 3 is 2.23 bits per heavy atom. The van der Waals surface area contributed by atoms with Gasteiger partial charge in [-0.3, -0.25) is 0 Å². The zero-order valence-electron chi connectivity index (χ0n) is 7.83. The van der Waals surface area contributed by atoms with Crippen molar-refractivity contribution in [1.29, 1.82) is 0 Å². The normalized spacial score (nSPS) is 26.2. The molecule has 1 aliphatic heterocycles. The van der Waals surface area contributed by atoms with Gasteiger partial charge in [0.2, 0.25) is 0 Å². The molecule has 2 aliphatic rings. The number of rotatable bonds is 3. The van der Waals surface area contributed by atoms with Gasteiger partial charge < -0.3 is 5.32 Å². The van der Waals surface area contributed by atoms with E-state index in [0.717, 1.165) is 38.8 Å². The third-order valence-electron chi connectivity index (χ3n) is 2.96. The van der Waals surface area contributed by atoms with Gasteiger partial charge in [0.1, 0.15) is 0 Å². The van der Waals surface area contributed by atoms with Gasteiger partial charge in [-0.05, 0) is 44.7 Å². The van der Waals surface area contributed by atoms with Gasteiger partial charge in [0.15, 0.2) is 9.84 Å². The van der Waals surface area contributed by atoms with E-state index in [4.69, 9.17) is 0 Å². The zero-order chi connectivity index (χ0) is 9.31. The van der Waals surface area contributed by atoms with Crippen molar-refractivity contribution in [3.8, 4) is 0 Å². The van der Waals surface area contributed by atoms with Gasteiger partial charge in [-0.15, -0.1) is 0 Å². The Hall–Kier alpha value is -0.0900. The topological polar surface area (TPSA) is 46.2 Å². The minimum Gasteiger partial charge on any atom is -0.317 e. The molecule has 0 aromatic rings. The highest BCUT2D eigenvalue weighted by Gasteiger charge is 2.33. The number of hydrogen-bond donors (Lipinski definition) is 1. The molecule has 1 aliphatic carbocycles. The molecule has 0 aromatic heterocycles. The van der Waals surface area contributed by atoms with Crippen molar-refractivity contribution >= 4 is 9.84 Å². The maximum Gasteiger partial charge on any atom is 0.153 e. The predicted molar refractivity (Wildman–Crippen MR) is 52.4 cm³/mol. The standard InChI is InChI=1S/C9H17NO2S/c11-13(12,7-8-1-2-8)9-3-5-10-6-4-9/h8-10H,1-7H2. The van der Waals surface area contributed by atoms with Gasteiger partial charge >= 0.3 is 0 Å². The lowest BCUT2D eigenvalue weighted by Gasteiger charge is -2.22. The highest BCUT2D eigenvalue weighted by Crippen LogP contribution is 2.32. The number of piperidine rings is 1. The highest BCUT2D eigenvalue weighted by molar-refractivity contribution is 7.92. The van der Waals surface area contributed by atoms with Gasteiger partial charge in [0.05, 0.1) is 11.0 Å². The lowest BCUT2D eigenvalue weighted by atomic mass is 10.2. The molecule has 1 saturated carbocycles. The molecule has 0 aromatic carbocycles. The van der Waals surface area contributed by atoms with E-state index in [-0.39, 0.29) is 5.25 Å². The van der Waals surface area contributed by atoms with Crippen molar-refractivity contribution in [2.45, 2.75) is 30.9 Å². The summed E-state index contributed by atoms with van der Waals surface area (Å²) in [6, 6.07) is 0. The van der Waals surface area contributed by atoms with Crippen LogP contribution in [0.3, 0.4) is 0 Å². The number of hydrogen-bond acceptors (Lipinski definition) is 3. The maximum atomic E-state index is 11.8. The molecule has 1 saturated heterocycles. The van der Waals surface area contributed by atoms with Crippen LogP contribution in [0.5, 0.6) is 0 Å². The Balaban J connectivity index is 1.95. The molecule has 0 atom stereocenters. The Morgan fingerprint density at radius 1 is 1.08 bits per heavy atom. The van der Waals surface area contributed by atoms with Crippen molar-refractivity contribution in [3.63, 3.8) is 0 Å². The smallest absolute Gasteiger partial charge is 0.153 e. The molecular weight excluding hydrogens is 186 g/mol. The van der Waals surface area contributed by atoms with E-state index < -0.39 is 9.84 Å². The molecule has 4 heteroatoms. The van der Waals surface area contributed by atoms with Crippen LogP contribution in [0.4, 0.5) is 0 Å². The van der Waals surface area contributed by atoms with Gasteiger partial charge in [-0.25, -0.2) is 8.42 Å². The molecule has 2 rings (SSSR count). The van der Waals surface area contributed by atoms with Crippen LogP contribution in [0.2, 0.25) is 0 Å². The Bertz CT molecular complexity index is 263. The van der Waals surface area contributed by atoms with Crippen molar-refractivity contribution in [2.24, 2.45) is 5.92 Å². The Kier molecular flexibility index (Phi) is 2.60. The summed E-state index contributed by atoms with van der Waals surface area (Å²) in [6.45, 7) is 1.74. The van der Waals surface area contributed by atoms with Gasteiger partial charge in [0, 0.05) is 0 Å². The van der Waals surface area contributed by atoms with E-state index >= 15 is 0 Å².